The van der Waals surface area contributed by atoms with E-state index in [1.165, 1.54) is 23.9 Å². The largest absolute Gasteiger partial charge is 0.435 e. The Morgan fingerprint density at radius 3 is 2.66 bits per heavy atom. The molecular weight excluding hydrogens is 390 g/mol. The van der Waals surface area contributed by atoms with Gasteiger partial charge in [0, 0.05) is 17.5 Å². The van der Waals surface area contributed by atoms with Crippen LogP contribution in [0.3, 0.4) is 0 Å². The molecule has 0 fully saturated rings. The second-order valence-electron chi connectivity index (χ2n) is 6.76. The second kappa shape index (κ2) is 8.06. The highest BCUT2D eigenvalue weighted by Crippen LogP contribution is 2.28. The Morgan fingerprint density at radius 2 is 2.00 bits per heavy atom. The molecule has 0 radical (unpaired) electrons. The van der Waals surface area contributed by atoms with Gasteiger partial charge in [0.05, 0.1) is 30.9 Å². The van der Waals surface area contributed by atoms with Crippen LogP contribution in [0.4, 0.5) is 23.2 Å². The molecule has 1 unspecified atom stereocenters. The minimum absolute atomic E-state index is 0.00287. The molecule has 1 atom stereocenters. The molecule has 0 aliphatic heterocycles. The predicted molar refractivity (Wildman–Crippen MR) is 97.5 cm³/mol. The average Bonchev–Trinajstić information content (AvgIpc) is 3.23. The van der Waals surface area contributed by atoms with Crippen LogP contribution >= 0.6 is 0 Å². The van der Waals surface area contributed by atoms with Gasteiger partial charge in [0.15, 0.2) is 5.69 Å². The molecule has 29 heavy (non-hydrogen) atoms. The normalized spacial score (nSPS) is 12.8. The van der Waals surface area contributed by atoms with Crippen LogP contribution in [-0.2, 0) is 24.1 Å². The van der Waals surface area contributed by atoms with Gasteiger partial charge in [-0.1, -0.05) is 25.1 Å². The molecule has 1 N–H and O–H groups in total. The Morgan fingerprint density at radius 1 is 1.28 bits per heavy atom. The Kier molecular flexibility index (Phi) is 5.71. The summed E-state index contributed by atoms with van der Waals surface area (Å²) in [5.74, 6) is -1.38. The lowest BCUT2D eigenvalue weighted by Crippen LogP contribution is -2.25. The van der Waals surface area contributed by atoms with Crippen molar-refractivity contribution in [1.82, 2.24) is 19.6 Å². The van der Waals surface area contributed by atoms with Gasteiger partial charge in [0.2, 0.25) is 5.91 Å². The van der Waals surface area contributed by atoms with Crippen LogP contribution in [-0.4, -0.2) is 25.5 Å². The van der Waals surface area contributed by atoms with Crippen molar-refractivity contribution in [2.75, 3.05) is 5.32 Å². The molecule has 0 spiro atoms. The Balaban J connectivity index is 1.61. The summed E-state index contributed by atoms with van der Waals surface area (Å²) in [6, 6.07) is 7.24. The summed E-state index contributed by atoms with van der Waals surface area (Å²) in [6.45, 7) is 3.29. The maximum absolute atomic E-state index is 13.7. The van der Waals surface area contributed by atoms with E-state index in [0.29, 0.717) is 16.9 Å². The maximum Gasteiger partial charge on any atom is 0.435 e. The average molecular weight is 409 g/mol. The fraction of sp³-hybridized carbons (Fsp3) is 0.316. The van der Waals surface area contributed by atoms with Crippen LogP contribution in [0.15, 0.2) is 42.7 Å². The highest BCUT2D eigenvalue weighted by Gasteiger charge is 2.34. The quantitative estimate of drug-likeness (QED) is 0.629. The summed E-state index contributed by atoms with van der Waals surface area (Å²) in [5, 5.41) is 10.3. The molecule has 2 aromatic heterocycles. The van der Waals surface area contributed by atoms with Gasteiger partial charge in [-0.3, -0.25) is 14.2 Å². The van der Waals surface area contributed by atoms with Crippen LogP contribution in [0.2, 0.25) is 0 Å². The zero-order valence-corrected chi connectivity index (χ0v) is 15.7. The number of amides is 1. The minimum Gasteiger partial charge on any atom is -0.323 e. The lowest BCUT2D eigenvalue weighted by Gasteiger charge is -2.12. The van der Waals surface area contributed by atoms with Gasteiger partial charge in [-0.15, -0.1) is 0 Å². The molecule has 0 saturated carbocycles. The first kappa shape index (κ1) is 20.6. The summed E-state index contributed by atoms with van der Waals surface area (Å²) >= 11 is 0. The monoisotopic (exact) mass is 409 g/mol. The molecule has 3 aromatic rings. The molecule has 6 nitrogen and oxygen atoms in total. The van der Waals surface area contributed by atoms with Crippen molar-refractivity contribution in [1.29, 1.82) is 0 Å². The first-order chi connectivity index (χ1) is 13.6. The lowest BCUT2D eigenvalue weighted by atomic mass is 10.1. The van der Waals surface area contributed by atoms with E-state index in [1.807, 2.05) is 0 Å². The number of benzene rings is 1. The van der Waals surface area contributed by atoms with Crippen molar-refractivity contribution in [3.8, 4) is 0 Å². The summed E-state index contributed by atoms with van der Waals surface area (Å²) < 4.78 is 54.6. The van der Waals surface area contributed by atoms with Gasteiger partial charge < -0.3 is 5.32 Å². The van der Waals surface area contributed by atoms with Crippen molar-refractivity contribution >= 4 is 11.6 Å². The number of hydrogen-bond acceptors (Lipinski definition) is 3. The van der Waals surface area contributed by atoms with E-state index >= 15 is 0 Å². The molecule has 0 saturated heterocycles. The number of nitrogens with one attached hydrogen (secondary N) is 1. The van der Waals surface area contributed by atoms with Gasteiger partial charge in [-0.05, 0) is 19.1 Å². The Labute approximate surface area is 164 Å². The number of aryl methyl sites for hydroxylation is 1. The summed E-state index contributed by atoms with van der Waals surface area (Å²) in [5.41, 5.74) is 0.189. The van der Waals surface area contributed by atoms with Crippen LogP contribution in [0.5, 0.6) is 0 Å². The summed E-state index contributed by atoms with van der Waals surface area (Å²) in [4.78, 5) is 12.4. The Hall–Kier alpha value is -3.17. The third-order valence-electron chi connectivity index (χ3n) is 4.36. The fourth-order valence-electron chi connectivity index (χ4n) is 2.76. The number of halogens is 4. The predicted octanol–water partition coefficient (Wildman–Crippen LogP) is 3.87. The number of carbonyl (C=O) groups excluding carboxylic acids is 1. The van der Waals surface area contributed by atoms with Gasteiger partial charge >= 0.3 is 6.18 Å². The third-order valence-corrected chi connectivity index (χ3v) is 4.36. The number of nitrogens with zero attached hydrogens (tertiary/aromatic N) is 4. The molecule has 0 bridgehead atoms. The number of aromatic nitrogens is 4. The molecule has 0 aliphatic carbocycles. The molecule has 2 heterocycles. The first-order valence-corrected chi connectivity index (χ1v) is 8.82. The van der Waals surface area contributed by atoms with Crippen LogP contribution in [0.1, 0.15) is 23.9 Å². The van der Waals surface area contributed by atoms with E-state index in [0.717, 1.165) is 10.7 Å². The van der Waals surface area contributed by atoms with Crippen LogP contribution in [0.25, 0.3) is 0 Å². The highest BCUT2D eigenvalue weighted by molar-refractivity contribution is 5.91. The van der Waals surface area contributed by atoms with Crippen LogP contribution in [0, 0.1) is 18.7 Å². The smallest absolute Gasteiger partial charge is 0.323 e. The first-order valence-electron chi connectivity index (χ1n) is 8.82. The van der Waals surface area contributed by atoms with Crippen molar-refractivity contribution in [2.24, 2.45) is 5.92 Å². The number of anilines is 1. The summed E-state index contributed by atoms with van der Waals surface area (Å²) in [7, 11) is 0. The molecule has 0 aliphatic rings. The van der Waals surface area contributed by atoms with Gasteiger partial charge in [-0.25, -0.2) is 4.39 Å². The highest BCUT2D eigenvalue weighted by atomic mass is 19.4. The number of alkyl halides is 3. The van der Waals surface area contributed by atoms with Gasteiger partial charge in [-0.2, -0.15) is 23.4 Å². The third kappa shape index (κ3) is 5.01. The van der Waals surface area contributed by atoms with E-state index in [2.05, 4.69) is 15.5 Å². The number of hydrogen-bond donors (Lipinski definition) is 1. The minimum atomic E-state index is -4.53. The topological polar surface area (TPSA) is 64.7 Å². The van der Waals surface area contributed by atoms with Gasteiger partial charge in [0.1, 0.15) is 5.82 Å². The van der Waals surface area contributed by atoms with E-state index in [4.69, 9.17) is 0 Å². The molecule has 3 rings (SSSR count). The zero-order valence-electron chi connectivity index (χ0n) is 15.7. The van der Waals surface area contributed by atoms with Crippen molar-refractivity contribution < 1.29 is 22.4 Å². The molecule has 1 amide bonds. The molecular formula is C19H19F4N5O. The zero-order chi connectivity index (χ0) is 21.2. The van der Waals surface area contributed by atoms with Crippen molar-refractivity contribution in [3.05, 3.63) is 65.5 Å². The molecule has 154 valence electrons. The summed E-state index contributed by atoms with van der Waals surface area (Å²) in [6.07, 6.45) is -1.56. The lowest BCUT2D eigenvalue weighted by molar-refractivity contribution is -0.141. The molecule has 1 aromatic carbocycles. The van der Waals surface area contributed by atoms with E-state index in [9.17, 15) is 22.4 Å². The van der Waals surface area contributed by atoms with E-state index < -0.39 is 17.8 Å². The number of rotatable bonds is 6. The standard InChI is InChI=1S/C19H19F4N5O/c1-12(9-28-13(2)7-17(26-28)19(21,22)23)18(29)25-15-8-24-27(11-15)10-14-5-3-4-6-16(14)20/h3-8,11-12H,9-10H2,1-2H3,(H,25,29). The molecule has 10 heteroatoms. The second-order valence-corrected chi connectivity index (χ2v) is 6.76. The fourth-order valence-corrected chi connectivity index (χ4v) is 2.76. The van der Waals surface area contributed by atoms with Crippen LogP contribution < -0.4 is 5.32 Å². The van der Waals surface area contributed by atoms with E-state index in [-0.39, 0.29) is 24.8 Å². The maximum atomic E-state index is 13.7. The SMILES string of the molecule is Cc1cc(C(F)(F)F)nn1CC(C)C(=O)Nc1cnn(Cc2ccccc2F)c1. The van der Waals surface area contributed by atoms with E-state index in [1.54, 1.807) is 31.3 Å². The van der Waals surface area contributed by atoms with Crippen molar-refractivity contribution in [3.63, 3.8) is 0 Å². The Bertz CT molecular complexity index is 1010. The van der Waals surface area contributed by atoms with Crippen molar-refractivity contribution in [2.45, 2.75) is 33.1 Å². The number of carbonyl (C=O) groups is 1. The van der Waals surface area contributed by atoms with Gasteiger partial charge in [0.25, 0.3) is 0 Å².